The Hall–Kier alpha value is -1.18. The van der Waals surface area contributed by atoms with Crippen LogP contribution in [0.4, 0.5) is 5.69 Å². The Morgan fingerprint density at radius 2 is 1.65 bits per heavy atom. The number of benzene rings is 2. The van der Waals surface area contributed by atoms with Gasteiger partial charge in [0.1, 0.15) is 0 Å². The Labute approximate surface area is 111 Å². The molecule has 0 aliphatic heterocycles. The molecule has 3 heteroatoms. The van der Waals surface area contributed by atoms with Crippen LogP contribution in [0.3, 0.4) is 0 Å². The number of aryl methyl sites for hydroxylation is 1. The third-order valence-corrected chi connectivity index (χ3v) is 3.28. The van der Waals surface area contributed by atoms with Gasteiger partial charge in [-0.15, -0.1) is 0 Å². The van der Waals surface area contributed by atoms with Crippen LogP contribution in [0.1, 0.15) is 11.1 Å². The minimum absolute atomic E-state index is 0.570. The molecule has 17 heavy (non-hydrogen) atoms. The van der Waals surface area contributed by atoms with E-state index in [1.54, 1.807) is 6.07 Å². The lowest BCUT2D eigenvalue weighted by Gasteiger charge is -2.07. The molecule has 0 bridgehead atoms. The van der Waals surface area contributed by atoms with Gasteiger partial charge in [-0.25, -0.2) is 0 Å². The molecule has 0 saturated carbocycles. The van der Waals surface area contributed by atoms with Crippen molar-refractivity contribution in [1.82, 2.24) is 0 Å². The molecule has 0 saturated heterocycles. The molecule has 0 atom stereocenters. The van der Waals surface area contributed by atoms with Crippen LogP contribution in [-0.2, 0) is 6.54 Å². The molecule has 1 N–H and O–H groups in total. The van der Waals surface area contributed by atoms with Crippen molar-refractivity contribution < 1.29 is 0 Å². The molecule has 0 fully saturated rings. The first-order valence-corrected chi connectivity index (χ1v) is 6.15. The number of anilines is 1. The molecule has 0 unspecified atom stereocenters. The van der Waals surface area contributed by atoms with Gasteiger partial charge in [0, 0.05) is 12.2 Å². The van der Waals surface area contributed by atoms with Gasteiger partial charge in [0.05, 0.1) is 10.0 Å². The van der Waals surface area contributed by atoms with Crippen molar-refractivity contribution in [3.8, 4) is 0 Å². The zero-order valence-electron chi connectivity index (χ0n) is 9.50. The lowest BCUT2D eigenvalue weighted by atomic mass is 10.1. The highest BCUT2D eigenvalue weighted by atomic mass is 35.5. The fraction of sp³-hybridized carbons (Fsp3) is 0.143. The zero-order chi connectivity index (χ0) is 12.3. The van der Waals surface area contributed by atoms with Crippen LogP contribution >= 0.6 is 23.2 Å². The Morgan fingerprint density at radius 1 is 0.941 bits per heavy atom. The highest BCUT2D eigenvalue weighted by Gasteiger charge is 1.99. The van der Waals surface area contributed by atoms with Gasteiger partial charge < -0.3 is 5.32 Å². The van der Waals surface area contributed by atoms with Crippen molar-refractivity contribution in [3.05, 3.63) is 63.6 Å². The van der Waals surface area contributed by atoms with Gasteiger partial charge in [-0.3, -0.25) is 0 Å². The average molecular weight is 266 g/mol. The zero-order valence-corrected chi connectivity index (χ0v) is 11.0. The van der Waals surface area contributed by atoms with Gasteiger partial charge in [0.2, 0.25) is 0 Å². The molecular weight excluding hydrogens is 253 g/mol. The highest BCUT2D eigenvalue weighted by Crippen LogP contribution is 2.25. The van der Waals surface area contributed by atoms with Crippen molar-refractivity contribution in [2.75, 3.05) is 5.32 Å². The largest absolute Gasteiger partial charge is 0.381 e. The molecule has 88 valence electrons. The quantitative estimate of drug-likeness (QED) is 0.831. The van der Waals surface area contributed by atoms with Gasteiger partial charge in [0.15, 0.2) is 0 Å². The first-order chi connectivity index (χ1) is 8.15. The van der Waals surface area contributed by atoms with Crippen LogP contribution in [0.15, 0.2) is 42.5 Å². The van der Waals surface area contributed by atoms with Gasteiger partial charge in [-0.05, 0) is 30.7 Å². The summed E-state index contributed by atoms with van der Waals surface area (Å²) in [6.45, 7) is 2.86. The summed E-state index contributed by atoms with van der Waals surface area (Å²) in [6, 6.07) is 14.0. The number of nitrogens with one attached hydrogen (secondary N) is 1. The van der Waals surface area contributed by atoms with E-state index in [9.17, 15) is 0 Å². The topological polar surface area (TPSA) is 12.0 Å². The number of hydrogen-bond acceptors (Lipinski definition) is 1. The number of halogens is 2. The summed E-state index contributed by atoms with van der Waals surface area (Å²) in [5.74, 6) is 0. The molecule has 0 spiro atoms. The van der Waals surface area contributed by atoms with E-state index in [0.717, 1.165) is 12.2 Å². The van der Waals surface area contributed by atoms with Gasteiger partial charge in [0.25, 0.3) is 0 Å². The lowest BCUT2D eigenvalue weighted by Crippen LogP contribution is -1.99. The van der Waals surface area contributed by atoms with Crippen LogP contribution < -0.4 is 5.32 Å². The Bertz CT molecular complexity index is 506. The summed E-state index contributed by atoms with van der Waals surface area (Å²) in [4.78, 5) is 0. The van der Waals surface area contributed by atoms with Crippen LogP contribution in [0.25, 0.3) is 0 Å². The summed E-state index contributed by atoms with van der Waals surface area (Å²) in [6.07, 6.45) is 0. The maximum atomic E-state index is 5.94. The SMILES string of the molecule is Cc1ccc(CNc2ccc(Cl)c(Cl)c2)cc1. The van der Waals surface area contributed by atoms with Crippen molar-refractivity contribution in [2.45, 2.75) is 13.5 Å². The van der Waals surface area contributed by atoms with E-state index in [2.05, 4.69) is 36.5 Å². The van der Waals surface area contributed by atoms with Crippen LogP contribution in [-0.4, -0.2) is 0 Å². The van der Waals surface area contributed by atoms with Crippen molar-refractivity contribution in [1.29, 1.82) is 0 Å². The highest BCUT2D eigenvalue weighted by molar-refractivity contribution is 6.42. The fourth-order valence-electron chi connectivity index (χ4n) is 1.52. The number of hydrogen-bond donors (Lipinski definition) is 1. The van der Waals surface area contributed by atoms with Gasteiger partial charge in [-0.1, -0.05) is 53.0 Å². The van der Waals surface area contributed by atoms with E-state index >= 15 is 0 Å². The normalized spacial score (nSPS) is 10.3. The summed E-state index contributed by atoms with van der Waals surface area (Å²) in [5.41, 5.74) is 3.48. The van der Waals surface area contributed by atoms with E-state index in [1.165, 1.54) is 11.1 Å². The first kappa shape index (κ1) is 12.3. The minimum Gasteiger partial charge on any atom is -0.381 e. The molecule has 2 aromatic rings. The molecule has 0 aromatic heterocycles. The van der Waals surface area contributed by atoms with Crippen molar-refractivity contribution in [2.24, 2.45) is 0 Å². The van der Waals surface area contributed by atoms with Gasteiger partial charge in [-0.2, -0.15) is 0 Å². The molecule has 0 aliphatic carbocycles. The van der Waals surface area contributed by atoms with Crippen LogP contribution in [0.5, 0.6) is 0 Å². The fourth-order valence-corrected chi connectivity index (χ4v) is 1.81. The predicted molar refractivity (Wildman–Crippen MR) is 75.0 cm³/mol. The maximum Gasteiger partial charge on any atom is 0.0612 e. The molecule has 1 nitrogen and oxygen atoms in total. The van der Waals surface area contributed by atoms with E-state index in [4.69, 9.17) is 23.2 Å². The maximum absolute atomic E-state index is 5.94. The Balaban J connectivity index is 2.02. The molecular formula is C14H13Cl2N. The molecule has 0 heterocycles. The van der Waals surface area contributed by atoms with E-state index in [-0.39, 0.29) is 0 Å². The smallest absolute Gasteiger partial charge is 0.0612 e. The molecule has 0 aliphatic rings. The van der Waals surface area contributed by atoms with Crippen LogP contribution in [0, 0.1) is 6.92 Å². The Kier molecular flexibility index (Phi) is 3.93. The lowest BCUT2D eigenvalue weighted by molar-refractivity contribution is 1.14. The second-order valence-electron chi connectivity index (χ2n) is 3.97. The van der Waals surface area contributed by atoms with E-state index in [1.807, 2.05) is 12.1 Å². The van der Waals surface area contributed by atoms with Gasteiger partial charge >= 0.3 is 0 Å². The second kappa shape index (κ2) is 5.44. The summed E-state index contributed by atoms with van der Waals surface area (Å²) >= 11 is 11.8. The summed E-state index contributed by atoms with van der Waals surface area (Å²) < 4.78 is 0. The minimum atomic E-state index is 0.570. The molecule has 0 radical (unpaired) electrons. The van der Waals surface area contributed by atoms with E-state index in [0.29, 0.717) is 10.0 Å². The third-order valence-electron chi connectivity index (χ3n) is 2.54. The third kappa shape index (κ3) is 3.39. The average Bonchev–Trinajstić information content (AvgIpc) is 2.33. The summed E-state index contributed by atoms with van der Waals surface area (Å²) in [7, 11) is 0. The number of rotatable bonds is 3. The summed E-state index contributed by atoms with van der Waals surface area (Å²) in [5, 5.41) is 4.45. The van der Waals surface area contributed by atoms with E-state index < -0.39 is 0 Å². The Morgan fingerprint density at radius 3 is 2.29 bits per heavy atom. The molecule has 2 aromatic carbocycles. The van der Waals surface area contributed by atoms with Crippen LogP contribution in [0.2, 0.25) is 10.0 Å². The monoisotopic (exact) mass is 265 g/mol. The standard InChI is InChI=1S/C14H13Cl2N/c1-10-2-4-11(5-3-10)9-17-12-6-7-13(15)14(16)8-12/h2-8,17H,9H2,1H3. The molecule has 0 amide bonds. The first-order valence-electron chi connectivity index (χ1n) is 5.39. The van der Waals surface area contributed by atoms with Crippen molar-refractivity contribution >= 4 is 28.9 Å². The molecule has 2 rings (SSSR count). The second-order valence-corrected chi connectivity index (χ2v) is 4.78. The predicted octanol–water partition coefficient (Wildman–Crippen LogP) is 4.91. The van der Waals surface area contributed by atoms with Crippen molar-refractivity contribution in [3.63, 3.8) is 0 Å².